The number of rotatable bonds is 13. The highest BCUT2D eigenvalue weighted by Gasteiger charge is 2.21. The van der Waals surface area contributed by atoms with Crippen LogP contribution in [0.25, 0.3) is 23.3 Å². The molecule has 1 aliphatic heterocycles. The molecule has 1 aliphatic rings. The number of carbonyl (C=O) groups excluding carboxylic acids is 2. The summed E-state index contributed by atoms with van der Waals surface area (Å²) in [4.78, 5) is 33.5. The fourth-order valence-corrected chi connectivity index (χ4v) is 4.54. The largest absolute Gasteiger partial charge is 0.387 e. The molecule has 0 fully saturated rings. The van der Waals surface area contributed by atoms with Crippen LogP contribution in [0.15, 0.2) is 58.3 Å². The lowest BCUT2D eigenvalue weighted by molar-refractivity contribution is -0.127. The molecule has 0 saturated heterocycles. The van der Waals surface area contributed by atoms with Crippen molar-refractivity contribution in [1.29, 1.82) is 0 Å². The van der Waals surface area contributed by atoms with Gasteiger partial charge in [-0.05, 0) is 60.0 Å². The average Bonchev–Trinajstić information content (AvgIpc) is 3.11. The van der Waals surface area contributed by atoms with Crippen LogP contribution in [-0.4, -0.2) is 67.4 Å². The van der Waals surface area contributed by atoms with Gasteiger partial charge in [0.15, 0.2) is 6.29 Å². The summed E-state index contributed by atoms with van der Waals surface area (Å²) in [5, 5.41) is 3.97. The van der Waals surface area contributed by atoms with Gasteiger partial charge in [0.05, 0.1) is 5.69 Å². The number of hydrogen-bond donors (Lipinski definition) is 3. The minimum absolute atomic E-state index is 0.0154. The van der Waals surface area contributed by atoms with Crippen molar-refractivity contribution in [3.8, 4) is 11.1 Å². The smallest absolute Gasteiger partial charge is 0.250 e. The molecule has 0 aromatic heterocycles. The lowest BCUT2D eigenvalue weighted by Gasteiger charge is -2.22. The Morgan fingerprint density at radius 2 is 1.77 bits per heavy atom. The maximum Gasteiger partial charge on any atom is 0.250 e. The lowest BCUT2D eigenvalue weighted by Crippen LogP contribution is -2.34. The predicted octanol–water partition coefficient (Wildman–Crippen LogP) is 4.37. The van der Waals surface area contributed by atoms with Crippen LogP contribution >= 0.6 is 0 Å². The third-order valence-electron chi connectivity index (χ3n) is 6.58. The summed E-state index contributed by atoms with van der Waals surface area (Å²) in [5.41, 5.74) is 20.3. The van der Waals surface area contributed by atoms with E-state index in [1.807, 2.05) is 71.6 Å². The zero-order chi connectivity index (χ0) is 29.1. The fourth-order valence-electron chi connectivity index (χ4n) is 4.54. The molecule has 1 amide bonds. The zero-order valence-electron chi connectivity index (χ0n) is 24.0. The van der Waals surface area contributed by atoms with Gasteiger partial charge in [-0.1, -0.05) is 38.1 Å². The molecule has 2 aromatic rings. The second-order valence-electron chi connectivity index (χ2n) is 9.85. The van der Waals surface area contributed by atoms with Gasteiger partial charge < -0.3 is 26.7 Å². The van der Waals surface area contributed by atoms with Gasteiger partial charge in [-0.15, -0.1) is 0 Å². The second kappa shape index (κ2) is 14.7. The highest BCUT2D eigenvalue weighted by molar-refractivity contribution is 6.05. The molecule has 0 spiro atoms. The Labute approximate surface area is 237 Å². The van der Waals surface area contributed by atoms with Gasteiger partial charge in [0.25, 0.3) is 0 Å². The van der Waals surface area contributed by atoms with E-state index in [-0.39, 0.29) is 5.91 Å². The molecule has 40 heavy (non-hydrogen) atoms. The molecule has 0 bridgehead atoms. The average molecular weight is 544 g/mol. The van der Waals surface area contributed by atoms with E-state index in [9.17, 15) is 9.59 Å². The van der Waals surface area contributed by atoms with Crippen LogP contribution in [0, 0.1) is 0 Å². The first kappa shape index (κ1) is 30.1. The van der Waals surface area contributed by atoms with E-state index in [1.54, 1.807) is 7.05 Å². The molecule has 2 aromatic carbocycles. The molecule has 0 aliphatic carbocycles. The molecule has 0 radical (unpaired) electrons. The Kier molecular flexibility index (Phi) is 11.1. The topological polar surface area (TPSA) is 129 Å². The van der Waals surface area contributed by atoms with E-state index >= 15 is 0 Å². The second-order valence-corrected chi connectivity index (χ2v) is 9.85. The number of amides is 1. The number of benzene rings is 2. The van der Waals surface area contributed by atoms with Gasteiger partial charge in [0.2, 0.25) is 5.91 Å². The van der Waals surface area contributed by atoms with Gasteiger partial charge in [-0.2, -0.15) is 5.10 Å². The number of carbonyl (C=O) groups is 2. The summed E-state index contributed by atoms with van der Waals surface area (Å²) in [5.74, 6) is 0.948. The third-order valence-corrected chi connectivity index (χ3v) is 6.58. The van der Waals surface area contributed by atoms with Gasteiger partial charge in [-0.25, -0.2) is 4.99 Å². The molecule has 9 nitrogen and oxygen atoms in total. The number of aldehydes is 1. The number of nitrogens with two attached hydrogens (primary N) is 2. The monoisotopic (exact) mass is 543 g/mol. The number of hydrogen-bond acceptors (Lipinski definition) is 7. The van der Waals surface area contributed by atoms with Crippen molar-refractivity contribution in [3.05, 3.63) is 64.9 Å². The first-order chi connectivity index (χ1) is 19.3. The number of fused-ring (bicyclic) bond motifs is 1. The molecular formula is C31H41N7O2. The molecule has 5 N–H and O–H groups in total. The van der Waals surface area contributed by atoms with E-state index in [2.05, 4.69) is 29.4 Å². The number of nitrogens with zero attached hydrogens (tertiary/aromatic N) is 4. The molecule has 0 unspecified atom stereocenters. The quantitative estimate of drug-likeness (QED) is 0.149. The Morgan fingerprint density at radius 3 is 2.45 bits per heavy atom. The van der Waals surface area contributed by atoms with Crippen LogP contribution in [0.2, 0.25) is 0 Å². The van der Waals surface area contributed by atoms with Crippen molar-refractivity contribution in [2.75, 3.05) is 33.7 Å². The minimum atomic E-state index is 0.0154. The van der Waals surface area contributed by atoms with Gasteiger partial charge in [0, 0.05) is 63.3 Å². The van der Waals surface area contributed by atoms with Crippen LogP contribution < -0.4 is 16.9 Å². The van der Waals surface area contributed by atoms with Gasteiger partial charge in [-0.3, -0.25) is 9.59 Å². The molecular weight excluding hydrogens is 502 g/mol. The predicted molar refractivity (Wildman–Crippen MR) is 165 cm³/mol. The third kappa shape index (κ3) is 8.05. The summed E-state index contributed by atoms with van der Waals surface area (Å²) in [6.07, 6.45) is 9.33. The number of nitrogens with one attached hydrogen (secondary N) is 1. The normalized spacial score (nSPS) is 13.2. The fraction of sp³-hybridized carbons (Fsp3) is 0.355. The standard InChI is InChI=1S/C31H41N7O2/c1-5-13-38(14-6-2)31(40)27-18-25-9-7-23(19-28(25)35-30(33)20-27)22-8-10-26(21-39)24(17-22)11-15-37(4)16-12-29(32)36-34-3/h7-11,15,17-19,21,34H,5-6,12-14,16,20H2,1-4H3,(H2,32,36)(H2,33,35)/b15-11-. The first-order valence-electron chi connectivity index (χ1n) is 13.7. The molecule has 1 heterocycles. The number of aliphatic imine (C=N–C) groups is 1. The van der Waals surface area contributed by atoms with Crippen LogP contribution in [0.4, 0.5) is 5.69 Å². The minimum Gasteiger partial charge on any atom is -0.387 e. The van der Waals surface area contributed by atoms with Crippen LogP contribution in [0.1, 0.15) is 61.0 Å². The Hall–Kier alpha value is -4.40. The SMILES string of the molecule is CCCN(CCC)C(=O)C1=Cc2ccc(-c3ccc(C=O)c(/C=C\N(C)CC/C(N)=N/NC)c3)cc2N=C(N)C1. The summed E-state index contributed by atoms with van der Waals surface area (Å²) < 4.78 is 0. The van der Waals surface area contributed by atoms with Crippen molar-refractivity contribution in [2.45, 2.75) is 39.5 Å². The van der Waals surface area contributed by atoms with Gasteiger partial charge in [0.1, 0.15) is 11.7 Å². The maximum atomic E-state index is 13.3. The molecule has 0 atom stereocenters. The molecule has 0 saturated carbocycles. The van der Waals surface area contributed by atoms with Crippen molar-refractivity contribution in [3.63, 3.8) is 0 Å². The number of amidine groups is 2. The van der Waals surface area contributed by atoms with Crippen molar-refractivity contribution < 1.29 is 9.59 Å². The van der Waals surface area contributed by atoms with Crippen LogP contribution in [-0.2, 0) is 4.79 Å². The van der Waals surface area contributed by atoms with E-state index in [4.69, 9.17) is 11.5 Å². The van der Waals surface area contributed by atoms with E-state index < -0.39 is 0 Å². The summed E-state index contributed by atoms with van der Waals surface area (Å²) in [6, 6.07) is 11.7. The van der Waals surface area contributed by atoms with E-state index in [1.165, 1.54) is 0 Å². The zero-order valence-corrected chi connectivity index (χ0v) is 24.0. The van der Waals surface area contributed by atoms with Crippen molar-refractivity contribution in [1.82, 2.24) is 15.2 Å². The first-order valence-corrected chi connectivity index (χ1v) is 13.7. The maximum absolute atomic E-state index is 13.3. The Bertz CT molecular complexity index is 1320. The highest BCUT2D eigenvalue weighted by atomic mass is 16.2. The molecule has 212 valence electrons. The Balaban J connectivity index is 1.89. The van der Waals surface area contributed by atoms with Crippen molar-refractivity contribution in [2.24, 2.45) is 21.6 Å². The number of hydrazone groups is 1. The Morgan fingerprint density at radius 1 is 1.07 bits per heavy atom. The highest BCUT2D eigenvalue weighted by Crippen LogP contribution is 2.33. The summed E-state index contributed by atoms with van der Waals surface area (Å²) >= 11 is 0. The van der Waals surface area contributed by atoms with E-state index in [0.717, 1.165) is 54.5 Å². The molecule has 3 rings (SSSR count). The lowest BCUT2D eigenvalue weighted by atomic mass is 9.97. The van der Waals surface area contributed by atoms with Crippen molar-refractivity contribution >= 4 is 41.7 Å². The van der Waals surface area contributed by atoms with Crippen LogP contribution in [0.5, 0.6) is 0 Å². The van der Waals surface area contributed by atoms with Gasteiger partial charge >= 0.3 is 0 Å². The van der Waals surface area contributed by atoms with E-state index in [0.29, 0.717) is 47.9 Å². The summed E-state index contributed by atoms with van der Waals surface area (Å²) in [6.45, 7) is 6.26. The molecule has 9 heteroatoms. The summed E-state index contributed by atoms with van der Waals surface area (Å²) in [7, 11) is 3.65. The van der Waals surface area contributed by atoms with Crippen LogP contribution in [0.3, 0.4) is 0 Å².